The molecule has 5 nitrogen and oxygen atoms in total. The number of amides is 3. The van der Waals surface area contributed by atoms with Gasteiger partial charge in [-0.05, 0) is 42.5 Å². The van der Waals surface area contributed by atoms with E-state index in [2.05, 4.69) is 5.32 Å². The molecule has 1 aliphatic rings. The molecule has 124 valence electrons. The second-order valence-corrected chi connectivity index (χ2v) is 5.83. The molecule has 3 rings (SSSR count). The van der Waals surface area contributed by atoms with Gasteiger partial charge in [0, 0.05) is 29.5 Å². The summed E-state index contributed by atoms with van der Waals surface area (Å²) in [5.74, 6) is -0.706. The lowest BCUT2D eigenvalue weighted by atomic mass is 10.3. The zero-order valence-electron chi connectivity index (χ0n) is 12.7. The fourth-order valence-electron chi connectivity index (χ4n) is 2.52. The van der Waals surface area contributed by atoms with E-state index in [4.69, 9.17) is 11.6 Å². The number of carbonyl (C=O) groups is 2. The van der Waals surface area contributed by atoms with Gasteiger partial charge in [-0.25, -0.2) is 9.18 Å². The highest BCUT2D eigenvalue weighted by Crippen LogP contribution is 2.23. The third-order valence-electron chi connectivity index (χ3n) is 3.68. The number of hydrogen-bond donors (Lipinski definition) is 1. The Labute approximate surface area is 143 Å². The molecule has 0 unspecified atom stereocenters. The van der Waals surface area contributed by atoms with Crippen molar-refractivity contribution >= 4 is 34.9 Å². The maximum Gasteiger partial charge on any atom is 0.325 e. The van der Waals surface area contributed by atoms with E-state index in [1.807, 2.05) is 0 Å². The molecule has 0 spiro atoms. The zero-order chi connectivity index (χ0) is 17.1. The number of carbonyl (C=O) groups excluding carboxylic acids is 2. The van der Waals surface area contributed by atoms with E-state index in [1.54, 1.807) is 29.2 Å². The number of anilines is 2. The Morgan fingerprint density at radius 3 is 2.62 bits per heavy atom. The summed E-state index contributed by atoms with van der Waals surface area (Å²) in [6.07, 6.45) is 0. The molecule has 2 aromatic carbocycles. The Hall–Kier alpha value is -2.60. The topological polar surface area (TPSA) is 52.7 Å². The van der Waals surface area contributed by atoms with Gasteiger partial charge in [-0.15, -0.1) is 0 Å². The number of nitrogens with zero attached hydrogens (tertiary/aromatic N) is 2. The van der Waals surface area contributed by atoms with Gasteiger partial charge in [-0.3, -0.25) is 9.69 Å². The molecule has 1 fully saturated rings. The molecular formula is C17H15ClFN3O2. The van der Waals surface area contributed by atoms with Gasteiger partial charge < -0.3 is 10.2 Å². The molecule has 1 heterocycles. The average molecular weight is 348 g/mol. The predicted octanol–water partition coefficient (Wildman–Crippen LogP) is 3.36. The summed E-state index contributed by atoms with van der Waals surface area (Å²) < 4.78 is 12.9. The van der Waals surface area contributed by atoms with Crippen molar-refractivity contribution in [2.24, 2.45) is 0 Å². The van der Waals surface area contributed by atoms with Crippen LogP contribution in [0.3, 0.4) is 0 Å². The van der Waals surface area contributed by atoms with Gasteiger partial charge in [0.2, 0.25) is 5.91 Å². The van der Waals surface area contributed by atoms with Crippen molar-refractivity contribution in [1.29, 1.82) is 0 Å². The summed E-state index contributed by atoms with van der Waals surface area (Å²) in [6, 6.07) is 12.2. The Morgan fingerprint density at radius 2 is 1.92 bits per heavy atom. The number of benzene rings is 2. The minimum absolute atomic E-state index is 0.0622. The molecule has 7 heteroatoms. The van der Waals surface area contributed by atoms with Gasteiger partial charge in [-0.1, -0.05) is 17.7 Å². The standard InChI is InChI=1S/C17H15ClFN3O2/c18-12-2-1-3-15(10-12)22-9-8-21(17(22)24)11-16(23)20-14-6-4-13(19)5-7-14/h1-7,10H,8-9,11H2,(H,20,23). The van der Waals surface area contributed by atoms with Crippen molar-refractivity contribution < 1.29 is 14.0 Å². The van der Waals surface area contributed by atoms with Crippen LogP contribution in [0.25, 0.3) is 0 Å². The maximum atomic E-state index is 12.9. The van der Waals surface area contributed by atoms with Gasteiger partial charge in [0.05, 0.1) is 0 Å². The summed E-state index contributed by atoms with van der Waals surface area (Å²) in [5.41, 5.74) is 1.19. The molecule has 0 aliphatic carbocycles. The van der Waals surface area contributed by atoms with E-state index < -0.39 is 0 Å². The molecular weight excluding hydrogens is 333 g/mol. The molecule has 1 N–H and O–H groups in total. The highest BCUT2D eigenvalue weighted by atomic mass is 35.5. The fourth-order valence-corrected chi connectivity index (χ4v) is 2.70. The summed E-state index contributed by atoms with van der Waals surface area (Å²) in [6.45, 7) is 0.873. The van der Waals surface area contributed by atoms with Crippen molar-refractivity contribution in [2.45, 2.75) is 0 Å². The third kappa shape index (κ3) is 3.65. The second-order valence-electron chi connectivity index (χ2n) is 5.39. The average Bonchev–Trinajstić information content (AvgIpc) is 2.90. The van der Waals surface area contributed by atoms with Crippen LogP contribution >= 0.6 is 11.6 Å². The van der Waals surface area contributed by atoms with Gasteiger partial charge in [-0.2, -0.15) is 0 Å². The van der Waals surface area contributed by atoms with Crippen molar-refractivity contribution in [1.82, 2.24) is 4.90 Å². The second kappa shape index (κ2) is 6.88. The SMILES string of the molecule is O=C(CN1CCN(c2cccc(Cl)c2)C1=O)Nc1ccc(F)cc1. The lowest BCUT2D eigenvalue weighted by molar-refractivity contribution is -0.116. The van der Waals surface area contributed by atoms with Crippen LogP contribution in [0.5, 0.6) is 0 Å². The van der Waals surface area contributed by atoms with E-state index in [0.29, 0.717) is 29.5 Å². The first-order valence-corrected chi connectivity index (χ1v) is 7.78. The van der Waals surface area contributed by atoms with Crippen LogP contribution in [0.4, 0.5) is 20.6 Å². The first kappa shape index (κ1) is 16.3. The maximum absolute atomic E-state index is 12.9. The molecule has 1 saturated heterocycles. The van der Waals surface area contributed by atoms with E-state index in [-0.39, 0.29) is 24.3 Å². The van der Waals surface area contributed by atoms with Crippen molar-refractivity contribution in [3.8, 4) is 0 Å². The van der Waals surface area contributed by atoms with Gasteiger partial charge in [0.25, 0.3) is 0 Å². The van der Waals surface area contributed by atoms with Crippen LogP contribution < -0.4 is 10.2 Å². The highest BCUT2D eigenvalue weighted by Gasteiger charge is 2.30. The zero-order valence-corrected chi connectivity index (χ0v) is 13.5. The molecule has 0 radical (unpaired) electrons. The quantitative estimate of drug-likeness (QED) is 0.922. The molecule has 0 atom stereocenters. The summed E-state index contributed by atoms with van der Waals surface area (Å²) >= 11 is 5.95. The van der Waals surface area contributed by atoms with Crippen molar-refractivity contribution in [2.75, 3.05) is 29.9 Å². The summed E-state index contributed by atoms with van der Waals surface area (Å²) in [7, 11) is 0. The van der Waals surface area contributed by atoms with Crippen molar-refractivity contribution in [3.63, 3.8) is 0 Å². The van der Waals surface area contributed by atoms with E-state index in [9.17, 15) is 14.0 Å². The highest BCUT2D eigenvalue weighted by molar-refractivity contribution is 6.30. The fraction of sp³-hybridized carbons (Fsp3) is 0.176. The largest absolute Gasteiger partial charge is 0.325 e. The van der Waals surface area contributed by atoms with E-state index in [1.165, 1.54) is 29.2 Å². The first-order chi connectivity index (χ1) is 11.5. The van der Waals surface area contributed by atoms with Crippen LogP contribution in [0.2, 0.25) is 5.02 Å². The summed E-state index contributed by atoms with van der Waals surface area (Å²) in [4.78, 5) is 27.5. The van der Waals surface area contributed by atoms with Crippen LogP contribution in [0.1, 0.15) is 0 Å². The van der Waals surface area contributed by atoms with Crippen LogP contribution in [-0.2, 0) is 4.79 Å². The normalized spacial score (nSPS) is 14.2. The number of urea groups is 1. The van der Waals surface area contributed by atoms with Crippen LogP contribution in [0.15, 0.2) is 48.5 Å². The van der Waals surface area contributed by atoms with Gasteiger partial charge in [0.1, 0.15) is 12.4 Å². The van der Waals surface area contributed by atoms with Crippen LogP contribution in [-0.4, -0.2) is 36.5 Å². The molecule has 0 saturated carbocycles. The minimum Gasteiger partial charge on any atom is -0.325 e. The molecule has 3 amide bonds. The molecule has 1 aliphatic heterocycles. The van der Waals surface area contributed by atoms with Crippen LogP contribution in [0, 0.1) is 5.82 Å². The Bertz CT molecular complexity index is 767. The molecule has 0 aromatic heterocycles. The minimum atomic E-state index is -0.375. The predicted molar refractivity (Wildman–Crippen MR) is 90.8 cm³/mol. The third-order valence-corrected chi connectivity index (χ3v) is 3.91. The van der Waals surface area contributed by atoms with Gasteiger partial charge in [0.15, 0.2) is 0 Å². The molecule has 24 heavy (non-hydrogen) atoms. The van der Waals surface area contributed by atoms with Gasteiger partial charge >= 0.3 is 6.03 Å². The summed E-state index contributed by atoms with van der Waals surface area (Å²) in [5, 5.41) is 3.19. The number of rotatable bonds is 4. The number of halogens is 2. The van der Waals surface area contributed by atoms with E-state index >= 15 is 0 Å². The molecule has 2 aromatic rings. The first-order valence-electron chi connectivity index (χ1n) is 7.40. The lowest BCUT2D eigenvalue weighted by Gasteiger charge is -2.18. The van der Waals surface area contributed by atoms with E-state index in [0.717, 1.165) is 0 Å². The smallest absolute Gasteiger partial charge is 0.325 e. The Morgan fingerprint density at radius 1 is 1.17 bits per heavy atom. The molecule has 0 bridgehead atoms. The Kier molecular flexibility index (Phi) is 4.66. The number of hydrogen-bond acceptors (Lipinski definition) is 2. The Balaban J connectivity index is 1.61. The monoisotopic (exact) mass is 347 g/mol. The lowest BCUT2D eigenvalue weighted by Crippen LogP contribution is -2.37. The number of nitrogens with one attached hydrogen (secondary N) is 1. The van der Waals surface area contributed by atoms with Crippen molar-refractivity contribution in [3.05, 3.63) is 59.4 Å².